The zero-order valence-electron chi connectivity index (χ0n) is 17.2. The number of halogens is 1. The molecule has 0 amide bonds. The summed E-state index contributed by atoms with van der Waals surface area (Å²) in [5, 5.41) is 1.06. The number of rotatable bonds is 7. The SMILES string of the molecule is CS(=O)(=O)CCCn1c(Cn2c(=O)n(C3CC3)c3ccncc32)cc2cc(Br)ccc21. The maximum atomic E-state index is 13.3. The summed E-state index contributed by atoms with van der Waals surface area (Å²) in [6.07, 6.45) is 7.32. The average molecular weight is 503 g/mol. The first-order valence-electron chi connectivity index (χ1n) is 10.3. The number of benzene rings is 1. The Kier molecular flexibility index (Phi) is 5.05. The lowest BCUT2D eigenvalue weighted by molar-refractivity contribution is 0.587. The first kappa shape index (κ1) is 20.5. The fourth-order valence-corrected chi connectivity index (χ4v) is 5.34. The second-order valence-corrected chi connectivity index (χ2v) is 11.5. The van der Waals surface area contributed by atoms with Gasteiger partial charge in [0.25, 0.3) is 0 Å². The lowest BCUT2D eigenvalue weighted by Gasteiger charge is -2.11. The first-order chi connectivity index (χ1) is 14.8. The highest BCUT2D eigenvalue weighted by atomic mass is 79.9. The molecule has 0 bridgehead atoms. The molecule has 1 fully saturated rings. The largest absolute Gasteiger partial charge is 0.343 e. The van der Waals surface area contributed by atoms with Crippen molar-refractivity contribution in [3.05, 3.63) is 63.4 Å². The van der Waals surface area contributed by atoms with E-state index in [1.807, 2.05) is 28.8 Å². The fraction of sp³-hybridized carbons (Fsp3) is 0.364. The van der Waals surface area contributed by atoms with E-state index in [0.29, 0.717) is 19.5 Å². The third kappa shape index (κ3) is 3.96. The van der Waals surface area contributed by atoms with Gasteiger partial charge in [0.2, 0.25) is 0 Å². The minimum absolute atomic E-state index is 0.0142. The van der Waals surface area contributed by atoms with Crippen molar-refractivity contribution in [2.24, 2.45) is 0 Å². The molecule has 4 aromatic rings. The Balaban J connectivity index is 1.60. The van der Waals surface area contributed by atoms with Crippen LogP contribution in [0.2, 0.25) is 0 Å². The molecule has 9 heteroatoms. The molecule has 1 aliphatic carbocycles. The number of nitrogens with zero attached hydrogens (tertiary/aromatic N) is 4. The molecule has 0 saturated heterocycles. The van der Waals surface area contributed by atoms with E-state index in [1.165, 1.54) is 6.26 Å². The molecular weight excluding hydrogens is 480 g/mol. The van der Waals surface area contributed by atoms with Crippen LogP contribution in [0.1, 0.15) is 31.0 Å². The molecule has 1 saturated carbocycles. The van der Waals surface area contributed by atoms with Gasteiger partial charge in [-0.15, -0.1) is 0 Å². The molecule has 1 aliphatic rings. The van der Waals surface area contributed by atoms with Crippen molar-refractivity contribution in [2.45, 2.75) is 38.4 Å². The molecule has 0 aliphatic heterocycles. The summed E-state index contributed by atoms with van der Waals surface area (Å²) in [5.41, 5.74) is 3.74. The van der Waals surface area contributed by atoms with Gasteiger partial charge in [-0.3, -0.25) is 14.1 Å². The molecule has 0 spiro atoms. The van der Waals surface area contributed by atoms with Gasteiger partial charge in [-0.1, -0.05) is 15.9 Å². The summed E-state index contributed by atoms with van der Waals surface area (Å²) in [5.74, 6) is 0.132. The highest BCUT2D eigenvalue weighted by Gasteiger charge is 2.29. The molecule has 31 heavy (non-hydrogen) atoms. The Morgan fingerprint density at radius 3 is 2.65 bits per heavy atom. The Morgan fingerprint density at radius 1 is 1.10 bits per heavy atom. The van der Waals surface area contributed by atoms with Gasteiger partial charge in [0.15, 0.2) is 0 Å². The predicted molar refractivity (Wildman–Crippen MR) is 125 cm³/mol. The summed E-state index contributed by atoms with van der Waals surface area (Å²) in [7, 11) is -3.03. The maximum absolute atomic E-state index is 13.3. The van der Waals surface area contributed by atoms with E-state index in [0.717, 1.165) is 44.9 Å². The second-order valence-electron chi connectivity index (χ2n) is 8.31. The van der Waals surface area contributed by atoms with Crippen molar-refractivity contribution in [1.29, 1.82) is 0 Å². The van der Waals surface area contributed by atoms with Crippen LogP contribution >= 0.6 is 15.9 Å². The Labute approximate surface area is 188 Å². The van der Waals surface area contributed by atoms with E-state index in [4.69, 9.17) is 0 Å². The van der Waals surface area contributed by atoms with Crippen molar-refractivity contribution in [2.75, 3.05) is 12.0 Å². The van der Waals surface area contributed by atoms with Gasteiger partial charge in [-0.2, -0.15) is 0 Å². The van der Waals surface area contributed by atoms with Gasteiger partial charge >= 0.3 is 5.69 Å². The van der Waals surface area contributed by atoms with Crippen molar-refractivity contribution in [1.82, 2.24) is 18.7 Å². The van der Waals surface area contributed by atoms with Crippen LogP contribution in [0.15, 0.2) is 52.0 Å². The van der Waals surface area contributed by atoms with Gasteiger partial charge in [0.05, 0.1) is 29.5 Å². The third-order valence-corrected chi connectivity index (χ3v) is 7.37. The second kappa shape index (κ2) is 7.63. The molecule has 0 atom stereocenters. The molecular formula is C22H23BrN4O3S. The van der Waals surface area contributed by atoms with E-state index < -0.39 is 9.84 Å². The minimum atomic E-state index is -3.03. The van der Waals surface area contributed by atoms with E-state index in [2.05, 4.69) is 31.5 Å². The molecule has 162 valence electrons. The molecule has 0 unspecified atom stereocenters. The molecule has 3 aromatic heterocycles. The van der Waals surface area contributed by atoms with Crippen LogP contribution < -0.4 is 5.69 Å². The Hall–Kier alpha value is -2.39. The molecule has 1 aromatic carbocycles. The van der Waals surface area contributed by atoms with Crippen molar-refractivity contribution in [3.63, 3.8) is 0 Å². The van der Waals surface area contributed by atoms with E-state index in [-0.39, 0.29) is 17.5 Å². The summed E-state index contributed by atoms with van der Waals surface area (Å²) in [6, 6.07) is 10.3. The normalized spacial score (nSPS) is 14.6. The number of pyridine rings is 1. The van der Waals surface area contributed by atoms with Gasteiger partial charge in [0.1, 0.15) is 9.84 Å². The number of sulfone groups is 1. The van der Waals surface area contributed by atoms with Crippen molar-refractivity contribution in [3.8, 4) is 0 Å². The smallest absolute Gasteiger partial charge is 0.329 e. The summed E-state index contributed by atoms with van der Waals surface area (Å²) in [4.78, 5) is 17.6. The average Bonchev–Trinajstić information content (AvgIpc) is 3.43. The number of fused-ring (bicyclic) bond motifs is 2. The minimum Gasteiger partial charge on any atom is -0.343 e. The summed E-state index contributed by atoms with van der Waals surface area (Å²) < 4.78 is 30.1. The van der Waals surface area contributed by atoms with Crippen molar-refractivity contribution >= 4 is 47.7 Å². The molecule has 3 heterocycles. The zero-order chi connectivity index (χ0) is 21.8. The molecule has 0 N–H and O–H groups in total. The first-order valence-corrected chi connectivity index (χ1v) is 13.2. The molecule has 0 radical (unpaired) electrons. The number of imidazole rings is 1. The number of aryl methyl sites for hydroxylation is 1. The van der Waals surface area contributed by atoms with Gasteiger partial charge in [-0.25, -0.2) is 13.2 Å². The quantitative estimate of drug-likeness (QED) is 0.385. The zero-order valence-corrected chi connectivity index (χ0v) is 19.6. The van der Waals surface area contributed by atoms with Crippen LogP contribution in [0.4, 0.5) is 0 Å². The van der Waals surface area contributed by atoms with E-state index in [1.54, 1.807) is 17.0 Å². The topological polar surface area (TPSA) is 78.9 Å². The monoisotopic (exact) mass is 502 g/mol. The van der Waals surface area contributed by atoms with Crippen molar-refractivity contribution < 1.29 is 8.42 Å². The summed E-state index contributed by atoms with van der Waals surface area (Å²) in [6.45, 7) is 0.980. The van der Waals surface area contributed by atoms with Crippen LogP contribution in [0.25, 0.3) is 21.9 Å². The lowest BCUT2D eigenvalue weighted by atomic mass is 10.2. The Morgan fingerprint density at radius 2 is 1.90 bits per heavy atom. The van der Waals surface area contributed by atoms with Crippen LogP contribution in [0.5, 0.6) is 0 Å². The van der Waals surface area contributed by atoms with E-state index >= 15 is 0 Å². The maximum Gasteiger partial charge on any atom is 0.329 e. The number of hydrogen-bond acceptors (Lipinski definition) is 4. The third-order valence-electron chi connectivity index (χ3n) is 5.84. The predicted octanol–water partition coefficient (Wildman–Crippen LogP) is 3.73. The van der Waals surface area contributed by atoms with Crippen LogP contribution in [-0.2, 0) is 22.9 Å². The number of aromatic nitrogens is 4. The lowest BCUT2D eigenvalue weighted by Crippen LogP contribution is -2.25. The van der Waals surface area contributed by atoms with Crippen LogP contribution in [-0.4, -0.2) is 39.1 Å². The summed E-state index contributed by atoms with van der Waals surface area (Å²) >= 11 is 3.53. The van der Waals surface area contributed by atoms with Gasteiger partial charge in [-0.05, 0) is 49.6 Å². The standard InChI is InChI=1S/C22H23BrN4O3S/c1-31(29,30)10-2-9-25-18(12-15-11-16(23)3-6-19(15)25)14-26-21-13-24-8-7-20(21)27(22(26)28)17-4-5-17/h3,6-8,11-13,17H,2,4-5,9-10,14H2,1H3. The van der Waals surface area contributed by atoms with E-state index in [9.17, 15) is 13.2 Å². The fourth-order valence-electron chi connectivity index (χ4n) is 4.31. The highest BCUT2D eigenvalue weighted by Crippen LogP contribution is 2.36. The molecule has 7 nitrogen and oxygen atoms in total. The highest BCUT2D eigenvalue weighted by molar-refractivity contribution is 9.10. The van der Waals surface area contributed by atoms with Crippen LogP contribution in [0.3, 0.4) is 0 Å². The van der Waals surface area contributed by atoms with Gasteiger partial charge in [0, 0.05) is 46.1 Å². The number of hydrogen-bond donors (Lipinski definition) is 0. The Bertz CT molecular complexity index is 1460. The molecule has 5 rings (SSSR count). The van der Waals surface area contributed by atoms with Crippen LogP contribution in [0, 0.1) is 0 Å². The van der Waals surface area contributed by atoms with Gasteiger partial charge < -0.3 is 4.57 Å².